The van der Waals surface area contributed by atoms with Crippen LogP contribution in [-0.2, 0) is 6.42 Å². The number of piperazine rings is 1. The number of benzene rings is 1. The molecule has 1 aromatic heterocycles. The second-order valence-corrected chi connectivity index (χ2v) is 8.11. The van der Waals surface area contributed by atoms with E-state index in [2.05, 4.69) is 70.9 Å². The number of fused-ring (bicyclic) bond motifs is 1. The van der Waals surface area contributed by atoms with Gasteiger partial charge in [0.05, 0.1) is 12.3 Å². The molecule has 5 heteroatoms. The third-order valence-corrected chi connectivity index (χ3v) is 6.12. The standard InChI is InChI=1S/C25H32N4O/c1-4-5-6-10-26-23-17-25(27-18-19(23)2)29-13-11-28(12-14-29)20(3)22-8-7-21-9-15-30-24(21)16-22/h5-8,10,16-18,20H,4,9,11-15H2,1-3H3/b6-5+,26-10?. The lowest BCUT2D eigenvalue weighted by molar-refractivity contribution is 0.198. The van der Waals surface area contributed by atoms with E-state index < -0.39 is 0 Å². The summed E-state index contributed by atoms with van der Waals surface area (Å²) in [5, 5.41) is 0. The molecule has 2 aromatic rings. The van der Waals surface area contributed by atoms with Gasteiger partial charge in [0.1, 0.15) is 11.6 Å². The number of ether oxygens (including phenoxy) is 1. The highest BCUT2D eigenvalue weighted by Gasteiger charge is 2.24. The van der Waals surface area contributed by atoms with Crippen LogP contribution in [0.5, 0.6) is 5.75 Å². The Balaban J connectivity index is 1.39. The summed E-state index contributed by atoms with van der Waals surface area (Å²) in [7, 11) is 0. The first kappa shape index (κ1) is 20.6. The number of nitrogens with zero attached hydrogens (tertiary/aromatic N) is 4. The highest BCUT2D eigenvalue weighted by atomic mass is 16.5. The van der Waals surface area contributed by atoms with E-state index in [1.807, 2.05) is 18.5 Å². The van der Waals surface area contributed by atoms with Crippen LogP contribution in [0, 0.1) is 6.92 Å². The van der Waals surface area contributed by atoms with E-state index in [1.54, 1.807) is 0 Å². The van der Waals surface area contributed by atoms with Crippen molar-refractivity contribution < 1.29 is 4.74 Å². The van der Waals surface area contributed by atoms with Crippen LogP contribution in [0.2, 0.25) is 0 Å². The van der Waals surface area contributed by atoms with E-state index in [1.165, 1.54) is 11.1 Å². The molecule has 1 saturated heterocycles. The van der Waals surface area contributed by atoms with Crippen LogP contribution in [-0.4, -0.2) is 48.9 Å². The van der Waals surface area contributed by atoms with Crippen molar-refractivity contribution in [1.82, 2.24) is 9.88 Å². The average molecular weight is 405 g/mol. The lowest BCUT2D eigenvalue weighted by Gasteiger charge is -2.38. The number of allylic oxidation sites excluding steroid dienone is 2. The molecule has 2 aliphatic heterocycles. The normalized spacial score (nSPS) is 18.2. The Hall–Kier alpha value is -2.66. The number of aromatic nitrogens is 1. The molecule has 0 radical (unpaired) electrons. The lowest BCUT2D eigenvalue weighted by Crippen LogP contribution is -2.47. The predicted octanol–water partition coefficient (Wildman–Crippen LogP) is 4.88. The summed E-state index contributed by atoms with van der Waals surface area (Å²) in [6.45, 7) is 11.3. The second kappa shape index (κ2) is 9.43. The molecular weight excluding hydrogens is 372 g/mol. The molecular formula is C25H32N4O. The van der Waals surface area contributed by atoms with Gasteiger partial charge in [0.15, 0.2) is 0 Å². The number of aryl methyl sites for hydroxylation is 1. The predicted molar refractivity (Wildman–Crippen MR) is 124 cm³/mol. The Labute approximate surface area is 180 Å². The van der Waals surface area contributed by atoms with Crippen molar-refractivity contribution in [3.63, 3.8) is 0 Å². The summed E-state index contributed by atoms with van der Waals surface area (Å²) in [6, 6.07) is 9.24. The zero-order chi connectivity index (χ0) is 20.9. The van der Waals surface area contributed by atoms with Gasteiger partial charge in [0.25, 0.3) is 0 Å². The molecule has 1 aromatic carbocycles. The highest BCUT2D eigenvalue weighted by Crippen LogP contribution is 2.31. The van der Waals surface area contributed by atoms with Gasteiger partial charge in [0, 0.05) is 57.1 Å². The third-order valence-electron chi connectivity index (χ3n) is 6.12. The van der Waals surface area contributed by atoms with E-state index in [-0.39, 0.29) is 0 Å². The number of pyridine rings is 1. The number of aliphatic imine (C=N–C) groups is 1. The first-order chi connectivity index (χ1) is 14.7. The molecule has 0 N–H and O–H groups in total. The minimum absolute atomic E-state index is 0.387. The van der Waals surface area contributed by atoms with Crippen molar-refractivity contribution in [3.8, 4) is 5.75 Å². The van der Waals surface area contributed by atoms with Crippen LogP contribution < -0.4 is 9.64 Å². The fraction of sp³-hybridized carbons (Fsp3) is 0.440. The van der Waals surface area contributed by atoms with Gasteiger partial charge in [0.2, 0.25) is 0 Å². The second-order valence-electron chi connectivity index (χ2n) is 8.11. The monoisotopic (exact) mass is 404 g/mol. The van der Waals surface area contributed by atoms with Crippen LogP contribution in [0.4, 0.5) is 11.5 Å². The molecule has 1 fully saturated rings. The maximum atomic E-state index is 5.76. The van der Waals surface area contributed by atoms with Gasteiger partial charge in [-0.2, -0.15) is 0 Å². The van der Waals surface area contributed by atoms with Gasteiger partial charge in [-0.1, -0.05) is 25.1 Å². The summed E-state index contributed by atoms with van der Waals surface area (Å²) in [4.78, 5) is 14.2. The molecule has 0 aliphatic carbocycles. The zero-order valence-corrected chi connectivity index (χ0v) is 18.3. The lowest BCUT2D eigenvalue weighted by atomic mass is 10.0. The largest absolute Gasteiger partial charge is 0.493 e. The number of hydrogen-bond donors (Lipinski definition) is 0. The van der Waals surface area contributed by atoms with Gasteiger partial charge in [-0.05, 0) is 49.1 Å². The minimum Gasteiger partial charge on any atom is -0.493 e. The maximum Gasteiger partial charge on any atom is 0.130 e. The van der Waals surface area contributed by atoms with Crippen LogP contribution in [0.1, 0.15) is 43.0 Å². The summed E-state index contributed by atoms with van der Waals surface area (Å²) in [6.07, 6.45) is 9.97. The van der Waals surface area contributed by atoms with Crippen molar-refractivity contribution in [1.29, 1.82) is 0 Å². The van der Waals surface area contributed by atoms with E-state index in [9.17, 15) is 0 Å². The topological polar surface area (TPSA) is 41.0 Å². The summed E-state index contributed by atoms with van der Waals surface area (Å²) < 4.78 is 5.76. The van der Waals surface area contributed by atoms with Crippen molar-refractivity contribution in [2.45, 2.75) is 39.7 Å². The third kappa shape index (κ3) is 4.57. The van der Waals surface area contributed by atoms with Crippen molar-refractivity contribution in [2.24, 2.45) is 4.99 Å². The molecule has 3 heterocycles. The number of anilines is 1. The zero-order valence-electron chi connectivity index (χ0n) is 18.3. The Bertz CT molecular complexity index is 929. The van der Waals surface area contributed by atoms with Gasteiger partial charge >= 0.3 is 0 Å². The van der Waals surface area contributed by atoms with Crippen LogP contribution in [0.25, 0.3) is 0 Å². The first-order valence-electron chi connectivity index (χ1n) is 11.1. The van der Waals surface area contributed by atoms with Crippen molar-refractivity contribution in [2.75, 3.05) is 37.7 Å². The average Bonchev–Trinajstić information content (AvgIpc) is 3.25. The van der Waals surface area contributed by atoms with E-state index in [0.717, 1.165) is 68.4 Å². The van der Waals surface area contributed by atoms with Gasteiger partial charge in [-0.15, -0.1) is 0 Å². The summed E-state index contributed by atoms with van der Waals surface area (Å²) >= 11 is 0. The van der Waals surface area contributed by atoms with Crippen LogP contribution >= 0.6 is 0 Å². The fourth-order valence-corrected chi connectivity index (χ4v) is 4.13. The molecule has 30 heavy (non-hydrogen) atoms. The maximum absolute atomic E-state index is 5.76. The number of hydrogen-bond acceptors (Lipinski definition) is 5. The molecule has 2 aliphatic rings. The molecule has 1 unspecified atom stereocenters. The van der Waals surface area contributed by atoms with E-state index in [4.69, 9.17) is 4.74 Å². The first-order valence-corrected chi connectivity index (χ1v) is 11.1. The van der Waals surface area contributed by atoms with Gasteiger partial charge in [-0.25, -0.2) is 4.98 Å². The summed E-state index contributed by atoms with van der Waals surface area (Å²) in [5.41, 5.74) is 4.78. The van der Waals surface area contributed by atoms with Gasteiger partial charge in [-0.3, -0.25) is 9.89 Å². The SMILES string of the molecule is CC/C=C/C=Nc1cc(N2CCN(C(C)c3ccc4c(c3)OCC4)CC2)ncc1C. The Kier molecular flexibility index (Phi) is 6.48. The highest BCUT2D eigenvalue weighted by molar-refractivity contribution is 5.75. The molecule has 0 bridgehead atoms. The fourth-order valence-electron chi connectivity index (χ4n) is 4.13. The van der Waals surface area contributed by atoms with E-state index >= 15 is 0 Å². The molecule has 0 saturated carbocycles. The Morgan fingerprint density at radius 3 is 2.83 bits per heavy atom. The Morgan fingerprint density at radius 2 is 2.03 bits per heavy atom. The van der Waals surface area contributed by atoms with Crippen LogP contribution in [0.15, 0.2) is 47.6 Å². The summed E-state index contributed by atoms with van der Waals surface area (Å²) in [5.74, 6) is 2.09. The molecule has 1 atom stereocenters. The van der Waals surface area contributed by atoms with Gasteiger partial charge < -0.3 is 9.64 Å². The Morgan fingerprint density at radius 1 is 1.20 bits per heavy atom. The van der Waals surface area contributed by atoms with Crippen molar-refractivity contribution in [3.05, 3.63) is 59.3 Å². The molecule has 158 valence electrons. The molecule has 0 spiro atoms. The minimum atomic E-state index is 0.387. The smallest absolute Gasteiger partial charge is 0.130 e. The number of rotatable bonds is 6. The van der Waals surface area contributed by atoms with E-state index in [0.29, 0.717) is 6.04 Å². The van der Waals surface area contributed by atoms with Crippen LogP contribution in [0.3, 0.4) is 0 Å². The quantitative estimate of drug-likeness (QED) is 0.644. The molecule has 5 nitrogen and oxygen atoms in total. The molecule has 0 amide bonds. The van der Waals surface area contributed by atoms with Crippen molar-refractivity contribution >= 4 is 17.7 Å². The molecule has 4 rings (SSSR count).